The van der Waals surface area contributed by atoms with Crippen LogP contribution in [0.2, 0.25) is 0 Å². The Morgan fingerprint density at radius 3 is 2.58 bits per heavy atom. The van der Waals surface area contributed by atoms with Crippen molar-refractivity contribution in [2.75, 3.05) is 5.32 Å². The van der Waals surface area contributed by atoms with Crippen LogP contribution in [0, 0.1) is 18.3 Å². The van der Waals surface area contributed by atoms with Crippen LogP contribution in [0.3, 0.4) is 0 Å². The third-order valence-corrected chi connectivity index (χ3v) is 5.09. The van der Waals surface area contributed by atoms with E-state index in [-0.39, 0.29) is 5.78 Å². The molecule has 0 atom stereocenters. The van der Waals surface area contributed by atoms with Gasteiger partial charge in [0.2, 0.25) is 0 Å². The minimum atomic E-state index is 0.0950. The Morgan fingerprint density at radius 2 is 1.84 bits per heavy atom. The van der Waals surface area contributed by atoms with Crippen LogP contribution >= 0.6 is 0 Å². The van der Waals surface area contributed by atoms with Crippen LogP contribution in [0.4, 0.5) is 11.7 Å². The second-order valence-corrected chi connectivity index (χ2v) is 7.28. The largest absolute Gasteiger partial charge is 0.423 e. The summed E-state index contributed by atoms with van der Waals surface area (Å²) in [6.07, 6.45) is 2.80. The molecule has 152 valence electrons. The summed E-state index contributed by atoms with van der Waals surface area (Å²) in [5.41, 5.74) is 4.99. The van der Waals surface area contributed by atoms with Gasteiger partial charge in [-0.2, -0.15) is 5.26 Å². The van der Waals surface area contributed by atoms with Gasteiger partial charge in [-0.15, -0.1) is 0 Å². The first-order valence-corrected chi connectivity index (χ1v) is 10.0. The summed E-state index contributed by atoms with van der Waals surface area (Å²) in [7, 11) is 0. The summed E-state index contributed by atoms with van der Waals surface area (Å²) in [4.78, 5) is 17.0. The van der Waals surface area contributed by atoms with Gasteiger partial charge in [0.1, 0.15) is 0 Å². The molecule has 1 heterocycles. The van der Waals surface area contributed by atoms with Gasteiger partial charge in [0.25, 0.3) is 6.01 Å². The molecule has 0 fully saturated rings. The van der Waals surface area contributed by atoms with Crippen molar-refractivity contribution in [1.82, 2.24) is 4.98 Å². The summed E-state index contributed by atoms with van der Waals surface area (Å²) in [6.45, 7) is 1.96. The van der Waals surface area contributed by atoms with E-state index in [4.69, 9.17) is 9.68 Å². The van der Waals surface area contributed by atoms with Gasteiger partial charge in [-0.3, -0.25) is 4.79 Å². The number of carbonyl (C=O) groups excluding carboxylic acids is 1. The number of hydrogen-bond acceptors (Lipinski definition) is 5. The maximum atomic E-state index is 12.7. The molecule has 0 aliphatic carbocycles. The summed E-state index contributed by atoms with van der Waals surface area (Å²) in [5.74, 6) is 0.692. The zero-order valence-corrected chi connectivity index (χ0v) is 17.1. The van der Waals surface area contributed by atoms with E-state index < -0.39 is 0 Å². The molecule has 3 aromatic carbocycles. The molecule has 0 unspecified atom stereocenters. The normalized spacial score (nSPS) is 10.5. The number of aryl methyl sites for hydroxylation is 2. The molecule has 4 rings (SSSR count). The predicted octanol–water partition coefficient (Wildman–Crippen LogP) is 6.08. The van der Waals surface area contributed by atoms with Gasteiger partial charge in [0, 0.05) is 23.2 Å². The second kappa shape index (κ2) is 9.10. The van der Waals surface area contributed by atoms with Crippen molar-refractivity contribution < 1.29 is 9.21 Å². The van der Waals surface area contributed by atoms with Crippen molar-refractivity contribution in [3.63, 3.8) is 0 Å². The SMILES string of the molecule is Cc1ccc(C(=O)CCc2ccccc2)cc1Nc1ncc(-c2ccc(C#N)cc2)o1. The molecule has 5 heteroatoms. The van der Waals surface area contributed by atoms with Gasteiger partial charge < -0.3 is 9.73 Å². The minimum absolute atomic E-state index is 0.0950. The number of rotatable bonds is 7. The molecule has 1 N–H and O–H groups in total. The Kier molecular flexibility index (Phi) is 5.91. The first-order chi connectivity index (χ1) is 15.1. The highest BCUT2D eigenvalue weighted by molar-refractivity contribution is 5.97. The van der Waals surface area contributed by atoms with Crippen LogP contribution in [0.15, 0.2) is 83.4 Å². The standard InChI is InChI=1S/C26H21N3O2/c1-18-7-11-22(24(30)14-10-19-5-3-2-4-6-19)15-23(18)29-26-28-17-25(31-26)21-12-8-20(16-27)9-13-21/h2-9,11-13,15,17H,10,14H2,1H3,(H,28,29). The van der Waals surface area contributed by atoms with Gasteiger partial charge in [0.05, 0.1) is 17.8 Å². The van der Waals surface area contributed by atoms with Crippen LogP contribution in [-0.4, -0.2) is 10.8 Å². The van der Waals surface area contributed by atoms with E-state index in [0.29, 0.717) is 35.7 Å². The maximum Gasteiger partial charge on any atom is 0.299 e. The number of anilines is 2. The average Bonchev–Trinajstić information content (AvgIpc) is 3.28. The Bertz CT molecular complexity index is 1240. The lowest BCUT2D eigenvalue weighted by atomic mass is 10.0. The fraction of sp³-hybridized carbons (Fsp3) is 0.115. The summed E-state index contributed by atoms with van der Waals surface area (Å²) in [5, 5.41) is 12.1. The summed E-state index contributed by atoms with van der Waals surface area (Å²) >= 11 is 0. The lowest BCUT2D eigenvalue weighted by Gasteiger charge is -2.09. The number of ketones is 1. The van der Waals surface area contributed by atoms with Gasteiger partial charge in [-0.25, -0.2) is 4.98 Å². The molecule has 0 aliphatic heterocycles. The van der Waals surface area contributed by atoms with Gasteiger partial charge in [-0.1, -0.05) is 42.5 Å². The van der Waals surface area contributed by atoms with Gasteiger partial charge >= 0.3 is 0 Å². The van der Waals surface area contributed by atoms with Crippen LogP contribution in [0.1, 0.15) is 33.5 Å². The highest BCUT2D eigenvalue weighted by Crippen LogP contribution is 2.27. The van der Waals surface area contributed by atoms with Crippen molar-refractivity contribution in [3.8, 4) is 17.4 Å². The molecule has 0 spiro atoms. The number of Topliss-reactive ketones (excluding diaryl/α,β-unsaturated/α-hetero) is 1. The Labute approximate surface area is 181 Å². The molecule has 0 saturated carbocycles. The maximum absolute atomic E-state index is 12.7. The number of oxazole rings is 1. The molecule has 0 bridgehead atoms. The zero-order valence-electron chi connectivity index (χ0n) is 17.1. The molecule has 4 aromatic rings. The summed E-state index contributed by atoms with van der Waals surface area (Å²) < 4.78 is 5.82. The lowest BCUT2D eigenvalue weighted by molar-refractivity contribution is 0.0983. The number of aromatic nitrogens is 1. The van der Waals surface area contributed by atoms with E-state index in [9.17, 15) is 4.79 Å². The predicted molar refractivity (Wildman–Crippen MR) is 120 cm³/mol. The van der Waals surface area contributed by atoms with Crippen LogP contribution < -0.4 is 5.32 Å². The number of nitriles is 1. The lowest BCUT2D eigenvalue weighted by Crippen LogP contribution is -2.03. The second-order valence-electron chi connectivity index (χ2n) is 7.28. The Hall–Kier alpha value is -4.17. The molecule has 5 nitrogen and oxygen atoms in total. The molecule has 0 aliphatic rings. The van der Waals surface area contributed by atoms with Crippen LogP contribution in [0.5, 0.6) is 0 Å². The molecular formula is C26H21N3O2. The quantitative estimate of drug-likeness (QED) is 0.376. The number of nitrogens with one attached hydrogen (secondary N) is 1. The van der Waals surface area contributed by atoms with Crippen molar-refractivity contribution in [3.05, 3.63) is 101 Å². The highest BCUT2D eigenvalue weighted by Gasteiger charge is 2.12. The zero-order chi connectivity index (χ0) is 21.6. The van der Waals surface area contributed by atoms with Crippen molar-refractivity contribution in [2.45, 2.75) is 19.8 Å². The summed E-state index contributed by atoms with van der Waals surface area (Å²) in [6, 6.07) is 25.2. The Balaban J connectivity index is 1.47. The van der Waals surface area contributed by atoms with E-state index in [1.807, 2.05) is 67.6 Å². The monoisotopic (exact) mass is 407 g/mol. The van der Waals surface area contributed by atoms with E-state index >= 15 is 0 Å². The Morgan fingerprint density at radius 1 is 1.06 bits per heavy atom. The van der Waals surface area contributed by atoms with E-state index in [0.717, 1.165) is 22.4 Å². The number of carbonyl (C=O) groups is 1. The molecule has 0 amide bonds. The molecule has 0 radical (unpaired) electrons. The van der Waals surface area contributed by atoms with Gasteiger partial charge in [-0.05, 0) is 54.8 Å². The topological polar surface area (TPSA) is 78.9 Å². The molecular weight excluding hydrogens is 386 g/mol. The van der Waals surface area contributed by atoms with Crippen molar-refractivity contribution >= 4 is 17.5 Å². The van der Waals surface area contributed by atoms with Crippen molar-refractivity contribution in [2.24, 2.45) is 0 Å². The fourth-order valence-corrected chi connectivity index (χ4v) is 3.27. The third-order valence-electron chi connectivity index (χ3n) is 5.09. The third kappa shape index (κ3) is 4.88. The minimum Gasteiger partial charge on any atom is -0.423 e. The average molecular weight is 407 g/mol. The number of hydrogen-bond donors (Lipinski definition) is 1. The molecule has 31 heavy (non-hydrogen) atoms. The smallest absolute Gasteiger partial charge is 0.299 e. The van der Waals surface area contributed by atoms with Gasteiger partial charge in [0.15, 0.2) is 11.5 Å². The van der Waals surface area contributed by atoms with Crippen LogP contribution in [0.25, 0.3) is 11.3 Å². The molecule has 1 aromatic heterocycles. The first-order valence-electron chi connectivity index (χ1n) is 10.0. The highest BCUT2D eigenvalue weighted by atomic mass is 16.4. The van der Waals surface area contributed by atoms with Crippen LogP contribution in [-0.2, 0) is 6.42 Å². The van der Waals surface area contributed by atoms with E-state index in [1.54, 1.807) is 18.3 Å². The van der Waals surface area contributed by atoms with E-state index in [2.05, 4.69) is 16.4 Å². The molecule has 0 saturated heterocycles. The fourth-order valence-electron chi connectivity index (χ4n) is 3.27. The first kappa shape index (κ1) is 20.1. The van der Waals surface area contributed by atoms with Crippen molar-refractivity contribution in [1.29, 1.82) is 5.26 Å². The number of benzene rings is 3. The number of nitrogens with zero attached hydrogens (tertiary/aromatic N) is 2. The van der Waals surface area contributed by atoms with E-state index in [1.165, 1.54) is 0 Å².